The number of carboxylic acid groups (broad SMARTS) is 1. The Morgan fingerprint density at radius 1 is 1.50 bits per heavy atom. The lowest BCUT2D eigenvalue weighted by atomic mass is 10.2. The van der Waals surface area contributed by atoms with Crippen LogP contribution in [0.3, 0.4) is 0 Å². The van der Waals surface area contributed by atoms with Gasteiger partial charge in [0.05, 0.1) is 6.20 Å². The van der Waals surface area contributed by atoms with Crippen LogP contribution in [0.5, 0.6) is 0 Å². The molecule has 0 radical (unpaired) electrons. The molecule has 18 heavy (non-hydrogen) atoms. The molecule has 0 aromatic carbocycles. The molecule has 0 saturated heterocycles. The molecule has 1 amide bonds. The molecule has 0 bridgehead atoms. The minimum Gasteiger partial charge on any atom is -0.476 e. The van der Waals surface area contributed by atoms with Gasteiger partial charge in [0, 0.05) is 13.1 Å². The van der Waals surface area contributed by atoms with Crippen molar-refractivity contribution in [3.05, 3.63) is 11.9 Å². The summed E-state index contributed by atoms with van der Waals surface area (Å²) in [7, 11) is 0. The summed E-state index contributed by atoms with van der Waals surface area (Å²) in [5.74, 6) is -0.851. The molecule has 1 aromatic heterocycles. The van der Waals surface area contributed by atoms with Crippen LogP contribution in [0.4, 0.5) is 0 Å². The fourth-order valence-electron chi connectivity index (χ4n) is 1.56. The zero-order valence-corrected chi connectivity index (χ0v) is 10.8. The highest BCUT2D eigenvalue weighted by Crippen LogP contribution is 2.01. The third-order valence-corrected chi connectivity index (χ3v) is 2.37. The average molecular weight is 254 g/mol. The van der Waals surface area contributed by atoms with Gasteiger partial charge in [-0.05, 0) is 12.8 Å². The van der Waals surface area contributed by atoms with Gasteiger partial charge < -0.3 is 10.0 Å². The van der Waals surface area contributed by atoms with Gasteiger partial charge in [-0.1, -0.05) is 19.1 Å². The van der Waals surface area contributed by atoms with Crippen LogP contribution in [0.15, 0.2) is 6.20 Å². The van der Waals surface area contributed by atoms with E-state index in [-0.39, 0.29) is 18.1 Å². The van der Waals surface area contributed by atoms with Gasteiger partial charge in [0.15, 0.2) is 5.69 Å². The van der Waals surface area contributed by atoms with Crippen LogP contribution in [0, 0.1) is 5.92 Å². The van der Waals surface area contributed by atoms with Crippen LogP contribution >= 0.6 is 0 Å². The highest BCUT2D eigenvalue weighted by atomic mass is 16.4. The molecule has 0 spiro atoms. The van der Waals surface area contributed by atoms with Crippen molar-refractivity contribution in [1.29, 1.82) is 0 Å². The predicted molar refractivity (Wildman–Crippen MR) is 64.1 cm³/mol. The summed E-state index contributed by atoms with van der Waals surface area (Å²) in [4.78, 5) is 24.3. The highest BCUT2D eigenvalue weighted by Gasteiger charge is 2.15. The summed E-state index contributed by atoms with van der Waals surface area (Å²) in [5, 5.41) is 15.8. The number of carbonyl (C=O) groups is 2. The molecular formula is C11H18N4O3. The largest absolute Gasteiger partial charge is 0.476 e. The second-order valence-electron chi connectivity index (χ2n) is 4.43. The van der Waals surface area contributed by atoms with Crippen molar-refractivity contribution in [2.24, 2.45) is 5.92 Å². The number of nitrogens with zero attached hydrogens (tertiary/aromatic N) is 4. The molecule has 100 valence electrons. The first-order chi connectivity index (χ1) is 8.43. The lowest BCUT2D eigenvalue weighted by molar-refractivity contribution is -0.132. The van der Waals surface area contributed by atoms with Crippen LogP contribution in [0.1, 0.15) is 31.3 Å². The van der Waals surface area contributed by atoms with Crippen molar-refractivity contribution in [2.75, 3.05) is 13.1 Å². The zero-order valence-electron chi connectivity index (χ0n) is 10.8. The summed E-state index contributed by atoms with van der Waals surface area (Å²) in [6.07, 6.45) is 1.25. The van der Waals surface area contributed by atoms with Gasteiger partial charge >= 0.3 is 5.97 Å². The molecule has 0 atom stereocenters. The first kappa shape index (κ1) is 14.1. The van der Waals surface area contributed by atoms with Gasteiger partial charge in [0.25, 0.3) is 0 Å². The second-order valence-corrected chi connectivity index (χ2v) is 4.43. The first-order valence-corrected chi connectivity index (χ1v) is 5.85. The van der Waals surface area contributed by atoms with Gasteiger partial charge in [-0.2, -0.15) is 0 Å². The van der Waals surface area contributed by atoms with Gasteiger partial charge in [-0.15, -0.1) is 5.10 Å². The Labute approximate surface area is 105 Å². The summed E-state index contributed by atoms with van der Waals surface area (Å²) in [5.41, 5.74) is -0.158. The molecule has 1 aromatic rings. The molecule has 1 N–H and O–H groups in total. The number of carbonyl (C=O) groups excluding carboxylic acids is 1. The van der Waals surface area contributed by atoms with E-state index in [1.165, 1.54) is 10.9 Å². The van der Waals surface area contributed by atoms with Crippen molar-refractivity contribution in [3.63, 3.8) is 0 Å². The summed E-state index contributed by atoms with van der Waals surface area (Å²) >= 11 is 0. The second kappa shape index (κ2) is 6.13. The SMILES string of the molecule is CCN(CC(C)C)C(=O)Cn1cc(C(=O)O)nn1. The van der Waals surface area contributed by atoms with E-state index < -0.39 is 5.97 Å². The van der Waals surface area contributed by atoms with Gasteiger partial charge in [0.2, 0.25) is 5.91 Å². The summed E-state index contributed by atoms with van der Waals surface area (Å²) < 4.78 is 1.24. The monoisotopic (exact) mass is 254 g/mol. The molecule has 0 unspecified atom stereocenters. The highest BCUT2D eigenvalue weighted by molar-refractivity contribution is 5.84. The van der Waals surface area contributed by atoms with Crippen molar-refractivity contribution in [2.45, 2.75) is 27.3 Å². The van der Waals surface area contributed by atoms with E-state index in [2.05, 4.69) is 10.3 Å². The topological polar surface area (TPSA) is 88.3 Å². The molecule has 1 heterocycles. The Balaban J connectivity index is 2.64. The van der Waals surface area contributed by atoms with Crippen molar-refractivity contribution >= 4 is 11.9 Å². The number of carboxylic acids is 1. The third kappa shape index (κ3) is 3.83. The fraction of sp³-hybridized carbons (Fsp3) is 0.636. The third-order valence-electron chi connectivity index (χ3n) is 2.37. The Bertz CT molecular complexity index is 428. The number of amides is 1. The van der Waals surface area contributed by atoms with E-state index in [1.54, 1.807) is 4.90 Å². The van der Waals surface area contributed by atoms with Crippen molar-refractivity contribution in [1.82, 2.24) is 19.9 Å². The van der Waals surface area contributed by atoms with E-state index in [0.29, 0.717) is 19.0 Å². The minimum atomic E-state index is -1.15. The quantitative estimate of drug-likeness (QED) is 0.797. The van der Waals surface area contributed by atoms with Crippen LogP contribution in [0.25, 0.3) is 0 Å². The summed E-state index contributed by atoms with van der Waals surface area (Å²) in [6.45, 7) is 7.29. The Morgan fingerprint density at radius 2 is 2.17 bits per heavy atom. The first-order valence-electron chi connectivity index (χ1n) is 5.85. The number of likely N-dealkylation sites (N-methyl/N-ethyl adjacent to an activating group) is 1. The number of hydrogen-bond donors (Lipinski definition) is 1. The Morgan fingerprint density at radius 3 is 2.61 bits per heavy atom. The molecule has 7 nitrogen and oxygen atoms in total. The Kier molecular flexibility index (Phi) is 4.82. The van der Waals surface area contributed by atoms with Crippen LogP contribution in [-0.4, -0.2) is 50.0 Å². The molecule has 0 aliphatic rings. The number of aromatic carboxylic acids is 1. The normalized spacial score (nSPS) is 10.7. The van der Waals surface area contributed by atoms with E-state index in [4.69, 9.17) is 5.11 Å². The maximum absolute atomic E-state index is 11.9. The fourth-order valence-corrected chi connectivity index (χ4v) is 1.56. The lowest BCUT2D eigenvalue weighted by Gasteiger charge is -2.22. The molecule has 7 heteroatoms. The molecule has 0 fully saturated rings. The lowest BCUT2D eigenvalue weighted by Crippen LogP contribution is -2.36. The predicted octanol–water partition coefficient (Wildman–Crippen LogP) is 0.481. The maximum Gasteiger partial charge on any atom is 0.358 e. The molecule has 1 rings (SSSR count). The van der Waals surface area contributed by atoms with Gasteiger partial charge in [-0.25, -0.2) is 9.48 Å². The van der Waals surface area contributed by atoms with E-state index in [9.17, 15) is 9.59 Å². The smallest absolute Gasteiger partial charge is 0.358 e. The molecule has 0 aliphatic carbocycles. The molecule has 0 saturated carbocycles. The average Bonchev–Trinajstić information content (AvgIpc) is 2.74. The van der Waals surface area contributed by atoms with E-state index >= 15 is 0 Å². The van der Waals surface area contributed by atoms with Crippen LogP contribution in [-0.2, 0) is 11.3 Å². The molecule has 0 aliphatic heterocycles. The summed E-state index contributed by atoms with van der Waals surface area (Å²) in [6, 6.07) is 0. The Hall–Kier alpha value is -1.92. The van der Waals surface area contributed by atoms with E-state index in [1.807, 2.05) is 20.8 Å². The van der Waals surface area contributed by atoms with Crippen LogP contribution < -0.4 is 0 Å². The van der Waals surface area contributed by atoms with Crippen molar-refractivity contribution in [3.8, 4) is 0 Å². The minimum absolute atomic E-state index is 0.0147. The van der Waals surface area contributed by atoms with E-state index in [0.717, 1.165) is 0 Å². The van der Waals surface area contributed by atoms with Gasteiger partial charge in [0.1, 0.15) is 6.54 Å². The number of aromatic nitrogens is 3. The van der Waals surface area contributed by atoms with Crippen molar-refractivity contribution < 1.29 is 14.7 Å². The number of rotatable bonds is 6. The standard InChI is InChI=1S/C11H18N4O3/c1-4-14(5-8(2)3)10(16)7-15-6-9(11(17)18)12-13-15/h6,8H,4-5,7H2,1-3H3,(H,17,18). The molecular weight excluding hydrogens is 236 g/mol. The van der Waals surface area contributed by atoms with Crippen LogP contribution in [0.2, 0.25) is 0 Å². The van der Waals surface area contributed by atoms with Gasteiger partial charge in [-0.3, -0.25) is 4.79 Å². The number of hydrogen-bond acceptors (Lipinski definition) is 4. The maximum atomic E-state index is 11.9. The zero-order chi connectivity index (χ0) is 13.7.